The number of nitrogens with zero attached hydrogens (tertiary/aromatic N) is 1. The van der Waals surface area contributed by atoms with Gasteiger partial charge in [0.1, 0.15) is 11.6 Å². The van der Waals surface area contributed by atoms with Gasteiger partial charge in [0.2, 0.25) is 0 Å². The monoisotopic (exact) mass is 416 g/mol. The number of para-hydroxylation sites is 1. The molecule has 1 N–H and O–H groups in total. The Labute approximate surface area is 181 Å². The lowest BCUT2D eigenvalue weighted by Crippen LogP contribution is -2.38. The van der Waals surface area contributed by atoms with E-state index in [-0.39, 0.29) is 24.4 Å². The van der Waals surface area contributed by atoms with Crippen LogP contribution in [0.25, 0.3) is 10.9 Å². The van der Waals surface area contributed by atoms with Gasteiger partial charge in [0.15, 0.2) is 6.61 Å². The van der Waals surface area contributed by atoms with Crippen molar-refractivity contribution in [2.45, 2.75) is 19.9 Å². The topological polar surface area (TPSA) is 45.3 Å². The van der Waals surface area contributed by atoms with Gasteiger partial charge in [-0.1, -0.05) is 48.0 Å². The molecule has 0 aliphatic carbocycles. The van der Waals surface area contributed by atoms with E-state index in [1.807, 2.05) is 43.1 Å². The molecule has 0 fully saturated rings. The average Bonchev–Trinajstić information content (AvgIpc) is 3.21. The van der Waals surface area contributed by atoms with E-state index in [4.69, 9.17) is 4.74 Å². The number of benzene rings is 3. The molecule has 0 aliphatic heterocycles. The predicted octanol–water partition coefficient (Wildman–Crippen LogP) is 5.63. The molecule has 4 aromatic rings. The van der Waals surface area contributed by atoms with Crippen LogP contribution in [0.4, 0.5) is 4.39 Å². The molecule has 0 spiro atoms. The number of fused-ring (bicyclic) bond motifs is 1. The van der Waals surface area contributed by atoms with Gasteiger partial charge in [0.05, 0.1) is 6.04 Å². The molecule has 4 nitrogen and oxygen atoms in total. The second-order valence-corrected chi connectivity index (χ2v) is 7.53. The number of H-pyrrole nitrogens is 1. The Hall–Kier alpha value is -3.60. The fourth-order valence-electron chi connectivity index (χ4n) is 3.86. The number of carbonyl (C=O) groups excluding carboxylic acids is 1. The lowest BCUT2D eigenvalue weighted by Gasteiger charge is -2.31. The van der Waals surface area contributed by atoms with Gasteiger partial charge < -0.3 is 14.6 Å². The Morgan fingerprint density at radius 3 is 2.45 bits per heavy atom. The summed E-state index contributed by atoms with van der Waals surface area (Å²) in [7, 11) is 0. The third kappa shape index (κ3) is 4.45. The standard InChI is InChI=1S/C26H25FN2O2/c1-3-29(25(30)17-31-21-14-12-20(27)13-15-21)26(19-10-8-18(2)9-11-19)23-16-28-24-7-5-4-6-22(23)24/h4-16,26,28H,3,17H2,1-2H3. The molecule has 4 rings (SSSR count). The minimum Gasteiger partial charge on any atom is -0.484 e. The van der Waals surface area contributed by atoms with Crippen molar-refractivity contribution in [2.75, 3.05) is 13.2 Å². The number of ether oxygens (including phenoxy) is 1. The summed E-state index contributed by atoms with van der Waals surface area (Å²) in [4.78, 5) is 18.4. The molecular weight excluding hydrogens is 391 g/mol. The SMILES string of the molecule is CCN(C(=O)COc1ccc(F)cc1)C(c1ccc(C)cc1)c1c[nH]c2ccccc12. The number of nitrogens with one attached hydrogen (secondary N) is 1. The lowest BCUT2D eigenvalue weighted by molar-refractivity contribution is -0.134. The molecule has 31 heavy (non-hydrogen) atoms. The number of amides is 1. The highest BCUT2D eigenvalue weighted by Gasteiger charge is 2.28. The van der Waals surface area contributed by atoms with Crippen molar-refractivity contribution in [3.63, 3.8) is 0 Å². The van der Waals surface area contributed by atoms with Crippen LogP contribution in [0.1, 0.15) is 29.7 Å². The highest BCUT2D eigenvalue weighted by molar-refractivity contribution is 5.86. The molecule has 1 amide bonds. The summed E-state index contributed by atoms with van der Waals surface area (Å²) < 4.78 is 18.8. The second kappa shape index (κ2) is 9.04. The Kier molecular flexibility index (Phi) is 6.03. The Morgan fingerprint density at radius 2 is 1.74 bits per heavy atom. The first kappa shape index (κ1) is 20.7. The average molecular weight is 416 g/mol. The summed E-state index contributed by atoms with van der Waals surface area (Å²) >= 11 is 0. The molecule has 0 saturated heterocycles. The van der Waals surface area contributed by atoms with Crippen molar-refractivity contribution in [3.05, 3.63) is 102 Å². The summed E-state index contributed by atoms with van der Waals surface area (Å²) in [6.07, 6.45) is 1.98. The van der Waals surface area contributed by atoms with E-state index in [0.29, 0.717) is 12.3 Å². The molecule has 0 aliphatic rings. The second-order valence-electron chi connectivity index (χ2n) is 7.53. The molecule has 158 valence electrons. The van der Waals surface area contributed by atoms with E-state index in [0.717, 1.165) is 27.6 Å². The van der Waals surface area contributed by atoms with Crippen molar-refractivity contribution in [2.24, 2.45) is 0 Å². The van der Waals surface area contributed by atoms with Crippen LogP contribution in [0.15, 0.2) is 79.0 Å². The fraction of sp³-hybridized carbons (Fsp3) is 0.192. The zero-order valence-corrected chi connectivity index (χ0v) is 17.6. The summed E-state index contributed by atoms with van der Waals surface area (Å²) in [5.74, 6) is -0.0138. The molecule has 3 aromatic carbocycles. The first-order chi connectivity index (χ1) is 15.1. The number of aromatic amines is 1. The Balaban J connectivity index is 1.67. The van der Waals surface area contributed by atoms with E-state index >= 15 is 0 Å². The van der Waals surface area contributed by atoms with E-state index in [1.54, 1.807) is 0 Å². The van der Waals surface area contributed by atoms with E-state index in [9.17, 15) is 9.18 Å². The Morgan fingerprint density at radius 1 is 1.03 bits per heavy atom. The molecule has 0 bridgehead atoms. The van der Waals surface area contributed by atoms with Crippen molar-refractivity contribution in [3.8, 4) is 5.75 Å². The molecule has 0 radical (unpaired) electrons. The van der Waals surface area contributed by atoms with Crippen LogP contribution in [0.5, 0.6) is 5.75 Å². The van der Waals surface area contributed by atoms with E-state index in [2.05, 4.69) is 35.3 Å². The molecule has 1 atom stereocenters. The number of aryl methyl sites for hydroxylation is 1. The summed E-state index contributed by atoms with van der Waals surface area (Å²) in [5.41, 5.74) is 4.26. The maximum Gasteiger partial charge on any atom is 0.261 e. The summed E-state index contributed by atoms with van der Waals surface area (Å²) in [5, 5.41) is 1.08. The smallest absolute Gasteiger partial charge is 0.261 e. The lowest BCUT2D eigenvalue weighted by atomic mass is 9.95. The predicted molar refractivity (Wildman–Crippen MR) is 121 cm³/mol. The molecule has 1 unspecified atom stereocenters. The quantitative estimate of drug-likeness (QED) is 0.424. The van der Waals surface area contributed by atoms with Crippen molar-refractivity contribution in [1.82, 2.24) is 9.88 Å². The van der Waals surface area contributed by atoms with Crippen LogP contribution in [0, 0.1) is 12.7 Å². The third-order valence-corrected chi connectivity index (χ3v) is 5.46. The van der Waals surface area contributed by atoms with Gasteiger partial charge in [-0.2, -0.15) is 0 Å². The third-order valence-electron chi connectivity index (χ3n) is 5.46. The van der Waals surface area contributed by atoms with Crippen LogP contribution in [0.3, 0.4) is 0 Å². The van der Waals surface area contributed by atoms with Crippen LogP contribution in [-0.2, 0) is 4.79 Å². The van der Waals surface area contributed by atoms with Crippen LogP contribution < -0.4 is 4.74 Å². The number of hydrogen-bond donors (Lipinski definition) is 1. The van der Waals surface area contributed by atoms with Crippen LogP contribution in [-0.4, -0.2) is 28.9 Å². The number of likely N-dealkylation sites (N-methyl/N-ethyl adjacent to an activating group) is 1. The fourth-order valence-corrected chi connectivity index (χ4v) is 3.86. The molecule has 5 heteroatoms. The van der Waals surface area contributed by atoms with Gasteiger partial charge in [0.25, 0.3) is 5.91 Å². The summed E-state index contributed by atoms with van der Waals surface area (Å²) in [6, 6.07) is 21.8. The van der Waals surface area contributed by atoms with Crippen molar-refractivity contribution in [1.29, 1.82) is 0 Å². The number of hydrogen-bond acceptors (Lipinski definition) is 2. The van der Waals surface area contributed by atoms with Gasteiger partial charge in [0, 0.05) is 29.2 Å². The molecular formula is C26H25FN2O2. The highest BCUT2D eigenvalue weighted by Crippen LogP contribution is 2.34. The normalized spacial score (nSPS) is 12.0. The maximum atomic E-state index is 13.2. The highest BCUT2D eigenvalue weighted by atomic mass is 19.1. The van der Waals surface area contributed by atoms with Gasteiger partial charge in [-0.25, -0.2) is 4.39 Å². The van der Waals surface area contributed by atoms with Crippen molar-refractivity contribution < 1.29 is 13.9 Å². The largest absolute Gasteiger partial charge is 0.484 e. The number of rotatable bonds is 7. The first-order valence-corrected chi connectivity index (χ1v) is 10.4. The molecule has 0 saturated carbocycles. The molecule has 1 heterocycles. The number of halogens is 1. The minimum absolute atomic E-state index is 0.121. The van der Waals surface area contributed by atoms with Gasteiger partial charge in [-0.3, -0.25) is 4.79 Å². The van der Waals surface area contributed by atoms with E-state index in [1.165, 1.54) is 24.3 Å². The molecule has 1 aromatic heterocycles. The maximum absolute atomic E-state index is 13.2. The van der Waals surface area contributed by atoms with E-state index < -0.39 is 0 Å². The first-order valence-electron chi connectivity index (χ1n) is 10.4. The van der Waals surface area contributed by atoms with Gasteiger partial charge in [-0.05, 0) is 49.7 Å². The zero-order chi connectivity index (χ0) is 21.8. The zero-order valence-electron chi connectivity index (χ0n) is 17.6. The minimum atomic E-state index is -0.340. The van der Waals surface area contributed by atoms with Gasteiger partial charge >= 0.3 is 0 Å². The van der Waals surface area contributed by atoms with Gasteiger partial charge in [-0.15, -0.1) is 0 Å². The Bertz CT molecular complexity index is 1170. The number of carbonyl (C=O) groups is 1. The van der Waals surface area contributed by atoms with Crippen LogP contribution in [0.2, 0.25) is 0 Å². The summed E-state index contributed by atoms with van der Waals surface area (Å²) in [6.45, 7) is 4.41. The van der Waals surface area contributed by atoms with Crippen molar-refractivity contribution >= 4 is 16.8 Å². The number of aromatic nitrogens is 1. The van der Waals surface area contributed by atoms with Crippen LogP contribution >= 0.6 is 0 Å².